The van der Waals surface area contributed by atoms with Crippen LogP contribution in [0.15, 0.2) is 36.0 Å². The molecule has 3 aromatic rings. The van der Waals surface area contributed by atoms with Gasteiger partial charge in [-0.05, 0) is 18.2 Å². The van der Waals surface area contributed by atoms with E-state index in [1.807, 2.05) is 22.2 Å². The van der Waals surface area contributed by atoms with Crippen LogP contribution in [0.2, 0.25) is 0 Å². The Morgan fingerprint density at radius 2 is 2.27 bits per heavy atom. The summed E-state index contributed by atoms with van der Waals surface area (Å²) < 4.78 is 12.5. The molecule has 0 bridgehead atoms. The van der Waals surface area contributed by atoms with E-state index < -0.39 is 0 Å². The van der Waals surface area contributed by atoms with E-state index in [-0.39, 0.29) is 12.7 Å². The molecule has 2 aromatic heterocycles. The molecule has 0 unspecified atom stereocenters. The number of nitrogens with one attached hydrogen (secondary N) is 1. The van der Waals surface area contributed by atoms with Gasteiger partial charge in [0.05, 0.1) is 5.69 Å². The number of nitrogens with zero attached hydrogens (tertiary/aromatic N) is 2. The number of ether oxygens (including phenoxy) is 2. The van der Waals surface area contributed by atoms with Crippen LogP contribution in [0.5, 0.6) is 11.5 Å². The predicted molar refractivity (Wildman–Crippen MR) is 81.7 cm³/mol. The van der Waals surface area contributed by atoms with E-state index in [9.17, 15) is 4.79 Å². The summed E-state index contributed by atoms with van der Waals surface area (Å²) in [5, 5.41) is 4.89. The molecule has 0 saturated heterocycles. The molecule has 0 saturated carbocycles. The number of fused-ring (bicyclic) bond motifs is 2. The van der Waals surface area contributed by atoms with Crippen LogP contribution >= 0.6 is 11.3 Å². The van der Waals surface area contributed by atoms with Crippen molar-refractivity contribution in [2.75, 3.05) is 13.3 Å². The molecule has 0 atom stereocenters. The van der Waals surface area contributed by atoms with Crippen molar-refractivity contribution in [3.63, 3.8) is 0 Å². The third-order valence-electron chi connectivity index (χ3n) is 3.44. The third kappa shape index (κ3) is 2.39. The Hall–Kier alpha value is -2.54. The fourth-order valence-corrected chi connectivity index (χ4v) is 3.06. The molecule has 0 fully saturated rings. The summed E-state index contributed by atoms with van der Waals surface area (Å²) in [4.78, 5) is 17.6. The van der Waals surface area contributed by atoms with Crippen LogP contribution in [0.25, 0.3) is 4.96 Å². The normalized spacial score (nSPS) is 12.7. The van der Waals surface area contributed by atoms with Gasteiger partial charge in [0.1, 0.15) is 0 Å². The Labute approximate surface area is 130 Å². The van der Waals surface area contributed by atoms with E-state index >= 15 is 0 Å². The van der Waals surface area contributed by atoms with Crippen LogP contribution in [0.4, 0.5) is 0 Å². The van der Waals surface area contributed by atoms with Gasteiger partial charge in [-0.2, -0.15) is 0 Å². The van der Waals surface area contributed by atoms with E-state index in [2.05, 4.69) is 10.3 Å². The minimum absolute atomic E-state index is 0.126. The van der Waals surface area contributed by atoms with Gasteiger partial charge in [0.15, 0.2) is 16.5 Å². The van der Waals surface area contributed by atoms with Crippen LogP contribution in [0.3, 0.4) is 0 Å². The van der Waals surface area contributed by atoms with Gasteiger partial charge in [-0.15, -0.1) is 11.3 Å². The number of carbonyl (C=O) groups excluding carboxylic acids is 1. The Kier molecular flexibility index (Phi) is 3.19. The second kappa shape index (κ2) is 5.34. The monoisotopic (exact) mass is 315 g/mol. The van der Waals surface area contributed by atoms with Crippen LogP contribution in [0, 0.1) is 0 Å². The van der Waals surface area contributed by atoms with Gasteiger partial charge in [0.25, 0.3) is 5.91 Å². The highest BCUT2D eigenvalue weighted by Gasteiger charge is 2.16. The summed E-state index contributed by atoms with van der Waals surface area (Å²) in [6, 6.07) is 5.18. The van der Waals surface area contributed by atoms with Crippen molar-refractivity contribution in [3.05, 3.63) is 47.2 Å². The van der Waals surface area contributed by atoms with Gasteiger partial charge in [-0.25, -0.2) is 4.98 Å². The Morgan fingerprint density at radius 3 is 3.18 bits per heavy atom. The van der Waals surface area contributed by atoms with Gasteiger partial charge in [0.2, 0.25) is 6.79 Å². The molecule has 0 aliphatic carbocycles. The Balaban J connectivity index is 1.37. The first-order valence-corrected chi connectivity index (χ1v) is 7.76. The topological polar surface area (TPSA) is 64.9 Å². The third-order valence-corrected chi connectivity index (χ3v) is 4.22. The quantitative estimate of drug-likeness (QED) is 0.801. The summed E-state index contributed by atoms with van der Waals surface area (Å²) in [7, 11) is 0. The molecular formula is C15H13N3O3S. The van der Waals surface area contributed by atoms with E-state index in [4.69, 9.17) is 9.47 Å². The van der Waals surface area contributed by atoms with Crippen molar-refractivity contribution in [2.24, 2.45) is 0 Å². The largest absolute Gasteiger partial charge is 0.454 e. The van der Waals surface area contributed by atoms with Gasteiger partial charge in [0, 0.05) is 36.3 Å². The van der Waals surface area contributed by atoms with Crippen molar-refractivity contribution in [1.29, 1.82) is 0 Å². The number of imidazole rings is 1. The summed E-state index contributed by atoms with van der Waals surface area (Å²) >= 11 is 1.59. The first-order valence-electron chi connectivity index (χ1n) is 6.88. The summed E-state index contributed by atoms with van der Waals surface area (Å²) in [5.41, 5.74) is 1.54. The first kappa shape index (κ1) is 13.1. The zero-order valence-corrected chi connectivity index (χ0v) is 12.4. The molecule has 6 nitrogen and oxygen atoms in total. The molecule has 1 aromatic carbocycles. The standard InChI is InChI=1S/C15H13N3O3S/c19-14(10-1-2-12-13(7-10)21-9-20-12)16-4-3-11-8-18-5-6-22-15(18)17-11/h1-2,5-8H,3-4,9H2,(H,16,19). The lowest BCUT2D eigenvalue weighted by Crippen LogP contribution is -2.25. The number of benzene rings is 1. The average Bonchev–Trinajstić information content (AvgIpc) is 3.21. The molecule has 0 radical (unpaired) electrons. The zero-order chi connectivity index (χ0) is 14.9. The van der Waals surface area contributed by atoms with Crippen molar-refractivity contribution in [1.82, 2.24) is 14.7 Å². The lowest BCUT2D eigenvalue weighted by Gasteiger charge is -2.05. The first-order chi connectivity index (χ1) is 10.8. The smallest absolute Gasteiger partial charge is 0.251 e. The molecule has 112 valence electrons. The number of thiazole rings is 1. The average molecular weight is 315 g/mol. The maximum atomic E-state index is 12.1. The Morgan fingerprint density at radius 1 is 1.36 bits per heavy atom. The van der Waals surface area contributed by atoms with Crippen LogP contribution < -0.4 is 14.8 Å². The molecular weight excluding hydrogens is 302 g/mol. The fraction of sp³-hybridized carbons (Fsp3) is 0.200. The van der Waals surface area contributed by atoms with Crippen LogP contribution in [-0.4, -0.2) is 28.6 Å². The second-order valence-corrected chi connectivity index (χ2v) is 5.77. The van der Waals surface area contributed by atoms with Crippen LogP contribution in [0.1, 0.15) is 16.1 Å². The van der Waals surface area contributed by atoms with Crippen molar-refractivity contribution in [2.45, 2.75) is 6.42 Å². The zero-order valence-electron chi connectivity index (χ0n) is 11.6. The SMILES string of the molecule is O=C(NCCc1cn2ccsc2n1)c1ccc2c(c1)OCO2. The summed E-state index contributed by atoms with van der Waals surface area (Å²) in [6.45, 7) is 0.746. The van der Waals surface area contributed by atoms with E-state index in [0.717, 1.165) is 10.7 Å². The molecule has 7 heteroatoms. The highest BCUT2D eigenvalue weighted by Crippen LogP contribution is 2.32. The van der Waals surface area contributed by atoms with E-state index in [1.165, 1.54) is 0 Å². The molecule has 22 heavy (non-hydrogen) atoms. The second-order valence-electron chi connectivity index (χ2n) is 4.90. The van der Waals surface area contributed by atoms with Crippen molar-refractivity contribution in [3.8, 4) is 11.5 Å². The van der Waals surface area contributed by atoms with Gasteiger partial charge in [-0.1, -0.05) is 0 Å². The molecule has 1 amide bonds. The highest BCUT2D eigenvalue weighted by molar-refractivity contribution is 7.15. The molecule has 0 spiro atoms. The minimum atomic E-state index is -0.126. The highest BCUT2D eigenvalue weighted by atomic mass is 32.1. The number of carbonyl (C=O) groups is 1. The maximum Gasteiger partial charge on any atom is 0.251 e. The van der Waals surface area contributed by atoms with Crippen molar-refractivity contribution >= 4 is 22.2 Å². The number of aromatic nitrogens is 2. The molecule has 1 N–H and O–H groups in total. The minimum Gasteiger partial charge on any atom is -0.454 e. The van der Waals surface area contributed by atoms with E-state index in [1.54, 1.807) is 29.5 Å². The lowest BCUT2D eigenvalue weighted by atomic mass is 10.2. The summed E-state index contributed by atoms with van der Waals surface area (Å²) in [5.74, 6) is 1.16. The number of rotatable bonds is 4. The van der Waals surface area contributed by atoms with Gasteiger partial charge in [-0.3, -0.25) is 9.20 Å². The molecule has 1 aliphatic heterocycles. The van der Waals surface area contributed by atoms with Gasteiger partial charge >= 0.3 is 0 Å². The fourth-order valence-electron chi connectivity index (χ4n) is 2.34. The number of hydrogen-bond acceptors (Lipinski definition) is 5. The number of hydrogen-bond donors (Lipinski definition) is 1. The van der Waals surface area contributed by atoms with Gasteiger partial charge < -0.3 is 14.8 Å². The molecule has 1 aliphatic rings. The van der Waals surface area contributed by atoms with Crippen molar-refractivity contribution < 1.29 is 14.3 Å². The van der Waals surface area contributed by atoms with Crippen LogP contribution in [-0.2, 0) is 6.42 Å². The maximum absolute atomic E-state index is 12.1. The Bertz CT molecular complexity index is 811. The van der Waals surface area contributed by atoms with E-state index in [0.29, 0.717) is 30.0 Å². The predicted octanol–water partition coefficient (Wildman–Crippen LogP) is 2.10. The molecule has 3 heterocycles. The molecule has 4 rings (SSSR count). The lowest BCUT2D eigenvalue weighted by molar-refractivity contribution is 0.0953. The summed E-state index contributed by atoms with van der Waals surface area (Å²) in [6.07, 6.45) is 4.66. The number of amides is 1.